The first-order valence-corrected chi connectivity index (χ1v) is 8.18. The Morgan fingerprint density at radius 1 is 1.15 bits per heavy atom. The van der Waals surface area contributed by atoms with E-state index in [1.807, 2.05) is 0 Å². The topological polar surface area (TPSA) is 69.4 Å². The minimum Gasteiger partial charge on any atom is -0.454 e. The number of ether oxygens (including phenoxy) is 1. The van der Waals surface area contributed by atoms with Crippen LogP contribution in [0.25, 0.3) is 0 Å². The number of rotatable bonds is 3. The van der Waals surface area contributed by atoms with E-state index in [1.165, 1.54) is 36.4 Å². The van der Waals surface area contributed by atoms with Crippen molar-refractivity contribution in [2.45, 2.75) is 4.90 Å². The van der Waals surface area contributed by atoms with E-state index in [0.29, 0.717) is 4.47 Å². The largest absolute Gasteiger partial charge is 0.454 e. The van der Waals surface area contributed by atoms with Gasteiger partial charge in [0.2, 0.25) is 0 Å². The van der Waals surface area contributed by atoms with Crippen LogP contribution in [0.4, 0.5) is 10.1 Å². The summed E-state index contributed by atoms with van der Waals surface area (Å²) in [4.78, 5) is 0.0978. The van der Waals surface area contributed by atoms with Gasteiger partial charge in [0.1, 0.15) is 17.3 Å². The predicted molar refractivity (Wildman–Crippen MR) is 78.1 cm³/mol. The zero-order chi connectivity index (χ0) is 14.9. The summed E-state index contributed by atoms with van der Waals surface area (Å²) in [6.45, 7) is 0. The fourth-order valence-corrected chi connectivity index (χ4v) is 2.51. The van der Waals surface area contributed by atoms with Gasteiger partial charge in [0, 0.05) is 12.3 Å². The number of anilines is 1. The van der Waals surface area contributed by atoms with E-state index < -0.39 is 15.7 Å². The van der Waals surface area contributed by atoms with Gasteiger partial charge >= 0.3 is 0 Å². The van der Waals surface area contributed by atoms with Gasteiger partial charge in [0.25, 0.3) is 0 Å². The van der Waals surface area contributed by atoms with Gasteiger partial charge < -0.3 is 10.5 Å². The summed E-state index contributed by atoms with van der Waals surface area (Å²) in [6, 6.07) is 8.11. The highest BCUT2D eigenvalue weighted by atomic mass is 79.9. The first-order chi connectivity index (χ1) is 9.27. The number of nitrogen functional groups attached to an aromatic ring is 1. The second kappa shape index (κ2) is 5.41. The molecular weight excluding hydrogens is 349 g/mol. The van der Waals surface area contributed by atoms with Crippen LogP contribution in [0.3, 0.4) is 0 Å². The molecule has 0 saturated heterocycles. The number of sulfone groups is 1. The van der Waals surface area contributed by atoms with Crippen molar-refractivity contribution in [2.24, 2.45) is 0 Å². The Morgan fingerprint density at radius 2 is 1.85 bits per heavy atom. The monoisotopic (exact) mass is 359 g/mol. The molecule has 0 saturated carbocycles. The van der Waals surface area contributed by atoms with Crippen molar-refractivity contribution in [1.82, 2.24) is 0 Å². The van der Waals surface area contributed by atoms with Crippen molar-refractivity contribution in [3.8, 4) is 11.5 Å². The van der Waals surface area contributed by atoms with E-state index in [0.717, 1.165) is 6.26 Å². The SMILES string of the molecule is CS(=O)(=O)c1ccc(Oc2cc(F)ccc2Br)c(N)c1. The third kappa shape index (κ3) is 3.29. The van der Waals surface area contributed by atoms with E-state index in [1.54, 1.807) is 0 Å². The second-order valence-electron chi connectivity index (χ2n) is 4.15. The molecule has 0 heterocycles. The summed E-state index contributed by atoms with van der Waals surface area (Å²) in [5, 5.41) is 0. The molecule has 106 valence electrons. The molecule has 0 fully saturated rings. The lowest BCUT2D eigenvalue weighted by Crippen LogP contribution is -2.00. The lowest BCUT2D eigenvalue weighted by Gasteiger charge is -2.11. The molecule has 0 atom stereocenters. The molecule has 0 radical (unpaired) electrons. The molecule has 0 aliphatic heterocycles. The van der Waals surface area contributed by atoms with Gasteiger partial charge in [-0.1, -0.05) is 0 Å². The van der Waals surface area contributed by atoms with E-state index in [9.17, 15) is 12.8 Å². The molecule has 0 amide bonds. The van der Waals surface area contributed by atoms with Crippen LogP contribution in [0.2, 0.25) is 0 Å². The van der Waals surface area contributed by atoms with Crippen LogP contribution in [-0.4, -0.2) is 14.7 Å². The zero-order valence-corrected chi connectivity index (χ0v) is 12.8. The van der Waals surface area contributed by atoms with Gasteiger partial charge in [-0.25, -0.2) is 12.8 Å². The third-order valence-corrected chi connectivity index (χ3v) is 4.29. The summed E-state index contributed by atoms with van der Waals surface area (Å²) < 4.78 is 42.0. The molecule has 0 bridgehead atoms. The number of hydrogen-bond acceptors (Lipinski definition) is 4. The molecule has 2 aromatic carbocycles. The first-order valence-electron chi connectivity index (χ1n) is 5.50. The molecule has 20 heavy (non-hydrogen) atoms. The highest BCUT2D eigenvalue weighted by molar-refractivity contribution is 9.10. The molecular formula is C13H11BrFNO3S. The molecule has 0 aliphatic rings. The van der Waals surface area contributed by atoms with Crippen LogP contribution < -0.4 is 10.5 Å². The smallest absolute Gasteiger partial charge is 0.175 e. The standard InChI is InChI=1S/C13H11BrFNO3S/c1-20(17,18)9-3-5-12(11(16)7-9)19-13-6-8(15)2-4-10(13)14/h2-7H,16H2,1H3. The Labute approximate surface area is 124 Å². The van der Waals surface area contributed by atoms with Gasteiger partial charge in [-0.2, -0.15) is 0 Å². The molecule has 0 aliphatic carbocycles. The van der Waals surface area contributed by atoms with Gasteiger partial charge in [0.15, 0.2) is 9.84 Å². The van der Waals surface area contributed by atoms with Crippen LogP contribution >= 0.6 is 15.9 Å². The van der Waals surface area contributed by atoms with Crippen LogP contribution in [-0.2, 0) is 9.84 Å². The molecule has 4 nitrogen and oxygen atoms in total. The lowest BCUT2D eigenvalue weighted by molar-refractivity contribution is 0.475. The van der Waals surface area contributed by atoms with E-state index in [-0.39, 0.29) is 22.1 Å². The molecule has 2 rings (SSSR count). The number of hydrogen-bond donors (Lipinski definition) is 1. The van der Waals surface area contributed by atoms with Crippen LogP contribution in [0, 0.1) is 5.82 Å². The zero-order valence-electron chi connectivity index (χ0n) is 10.4. The Balaban J connectivity index is 2.38. The quantitative estimate of drug-likeness (QED) is 0.853. The maximum Gasteiger partial charge on any atom is 0.175 e. The second-order valence-corrected chi connectivity index (χ2v) is 7.02. The summed E-state index contributed by atoms with van der Waals surface area (Å²) in [6.07, 6.45) is 1.09. The fourth-order valence-electron chi connectivity index (χ4n) is 1.52. The minimum absolute atomic E-state index is 0.0978. The van der Waals surface area contributed by atoms with Crippen molar-refractivity contribution < 1.29 is 17.5 Å². The average molecular weight is 360 g/mol. The first kappa shape index (κ1) is 14.8. The van der Waals surface area contributed by atoms with Crippen molar-refractivity contribution in [3.63, 3.8) is 0 Å². The predicted octanol–water partition coefficient (Wildman–Crippen LogP) is 3.37. The van der Waals surface area contributed by atoms with Crippen LogP contribution in [0.1, 0.15) is 0 Å². The van der Waals surface area contributed by atoms with Gasteiger partial charge in [-0.15, -0.1) is 0 Å². The van der Waals surface area contributed by atoms with E-state index in [2.05, 4.69) is 15.9 Å². The van der Waals surface area contributed by atoms with Gasteiger partial charge in [-0.05, 0) is 46.3 Å². The highest BCUT2D eigenvalue weighted by Crippen LogP contribution is 2.34. The van der Waals surface area contributed by atoms with E-state index in [4.69, 9.17) is 10.5 Å². The summed E-state index contributed by atoms with van der Waals surface area (Å²) in [7, 11) is -3.33. The molecule has 7 heteroatoms. The Bertz CT molecular complexity index is 762. The molecule has 2 aromatic rings. The third-order valence-electron chi connectivity index (χ3n) is 2.52. The van der Waals surface area contributed by atoms with E-state index >= 15 is 0 Å². The average Bonchev–Trinajstić information content (AvgIpc) is 2.35. The van der Waals surface area contributed by atoms with Crippen molar-refractivity contribution in [3.05, 3.63) is 46.7 Å². The maximum atomic E-state index is 13.2. The summed E-state index contributed by atoms with van der Waals surface area (Å²) in [5.41, 5.74) is 5.91. The lowest BCUT2D eigenvalue weighted by atomic mass is 10.3. The van der Waals surface area contributed by atoms with Gasteiger partial charge in [-0.3, -0.25) is 0 Å². The normalized spacial score (nSPS) is 11.3. The maximum absolute atomic E-state index is 13.2. The Hall–Kier alpha value is -1.60. The van der Waals surface area contributed by atoms with Crippen molar-refractivity contribution >= 4 is 31.5 Å². The Morgan fingerprint density at radius 3 is 2.45 bits per heavy atom. The highest BCUT2D eigenvalue weighted by Gasteiger charge is 2.12. The van der Waals surface area contributed by atoms with Crippen molar-refractivity contribution in [2.75, 3.05) is 12.0 Å². The molecule has 2 N–H and O–H groups in total. The molecule has 0 aromatic heterocycles. The molecule has 0 spiro atoms. The number of halogens is 2. The van der Waals surface area contributed by atoms with Crippen LogP contribution in [0.5, 0.6) is 11.5 Å². The Kier molecular flexibility index (Phi) is 4.01. The van der Waals surface area contributed by atoms with Gasteiger partial charge in [0.05, 0.1) is 15.1 Å². The summed E-state index contributed by atoms with van der Waals surface area (Å²) in [5.74, 6) is 0.0574. The van der Waals surface area contributed by atoms with Crippen LogP contribution in [0.15, 0.2) is 45.8 Å². The van der Waals surface area contributed by atoms with Crippen molar-refractivity contribution in [1.29, 1.82) is 0 Å². The minimum atomic E-state index is -3.33. The number of benzene rings is 2. The number of nitrogens with two attached hydrogens (primary N) is 1. The molecule has 0 unspecified atom stereocenters. The fraction of sp³-hybridized carbons (Fsp3) is 0.0769. The summed E-state index contributed by atoms with van der Waals surface area (Å²) >= 11 is 3.23.